The molecule has 0 amide bonds. The third kappa shape index (κ3) is 5.34. The Kier molecular flexibility index (Phi) is 6.50. The molecule has 0 spiro atoms. The molecule has 0 atom stereocenters. The minimum absolute atomic E-state index is 0.567. The Morgan fingerprint density at radius 2 is 1.77 bits per heavy atom. The van der Waals surface area contributed by atoms with Crippen LogP contribution in [0.15, 0.2) is 82.4 Å². The van der Waals surface area contributed by atoms with Gasteiger partial charge in [0.15, 0.2) is 11.2 Å². The number of quaternary nitrogens is 1. The van der Waals surface area contributed by atoms with E-state index in [1.54, 1.807) is 0 Å². The van der Waals surface area contributed by atoms with Gasteiger partial charge >= 0.3 is 0 Å². The number of thioether (sulfide) groups is 1. The van der Waals surface area contributed by atoms with Crippen molar-refractivity contribution in [2.45, 2.75) is 6.42 Å². The molecule has 5 rings (SSSR count). The first-order valence-electron chi connectivity index (χ1n) is 11.9. The molecule has 0 N–H and O–H groups in total. The highest BCUT2D eigenvalue weighted by Crippen LogP contribution is 2.40. The zero-order valence-corrected chi connectivity index (χ0v) is 21.5. The van der Waals surface area contributed by atoms with Crippen molar-refractivity contribution in [3.8, 4) is 11.1 Å². The molecule has 0 aliphatic carbocycles. The number of allylic oxidation sites excluding steroid dienone is 2. The summed E-state index contributed by atoms with van der Waals surface area (Å²) in [5.41, 5.74) is 6.90. The second-order valence-electron chi connectivity index (χ2n) is 9.84. The first-order chi connectivity index (χ1) is 16.9. The summed E-state index contributed by atoms with van der Waals surface area (Å²) in [6.45, 7) is 1.16. The van der Waals surface area contributed by atoms with Crippen LogP contribution >= 0.6 is 11.8 Å². The van der Waals surface area contributed by atoms with Crippen LogP contribution in [0, 0.1) is 0 Å². The third-order valence-electron chi connectivity index (χ3n) is 6.06. The summed E-state index contributed by atoms with van der Waals surface area (Å²) in [5.74, 6) is 1.65. The van der Waals surface area contributed by atoms with E-state index in [0.717, 1.165) is 33.5 Å². The molecule has 0 radical (unpaired) electrons. The fraction of sp³-hybridized carbons (Fsp3) is 0.241. The lowest BCUT2D eigenvalue weighted by Gasteiger charge is -2.30. The summed E-state index contributed by atoms with van der Waals surface area (Å²) in [6, 6.07) is 20.7. The van der Waals surface area contributed by atoms with Crippen molar-refractivity contribution < 1.29 is 8.90 Å². The molecule has 0 bridgehead atoms. The normalized spacial score (nSPS) is 14.9. The van der Waals surface area contributed by atoms with Gasteiger partial charge in [0.1, 0.15) is 0 Å². The molecule has 0 fully saturated rings. The van der Waals surface area contributed by atoms with Crippen molar-refractivity contribution in [1.82, 2.24) is 9.97 Å². The van der Waals surface area contributed by atoms with E-state index in [-0.39, 0.29) is 0 Å². The number of hydrogen-bond acceptors (Lipinski definition) is 5. The first kappa shape index (κ1) is 23.4. The van der Waals surface area contributed by atoms with Gasteiger partial charge in [-0.05, 0) is 29.3 Å². The van der Waals surface area contributed by atoms with Crippen molar-refractivity contribution in [1.29, 1.82) is 0 Å². The molecule has 2 aromatic carbocycles. The summed E-state index contributed by atoms with van der Waals surface area (Å²) in [6.07, 6.45) is 7.30. The van der Waals surface area contributed by atoms with Gasteiger partial charge in [0.05, 0.1) is 32.7 Å². The molecule has 1 aliphatic heterocycles. The summed E-state index contributed by atoms with van der Waals surface area (Å²) in [5, 5.41) is 1.23. The molecule has 3 heterocycles. The number of aromatic nitrogens is 2. The van der Waals surface area contributed by atoms with Crippen molar-refractivity contribution in [2.24, 2.45) is 0 Å². The van der Waals surface area contributed by atoms with Crippen molar-refractivity contribution in [3.63, 3.8) is 0 Å². The van der Waals surface area contributed by atoms with Gasteiger partial charge in [0.25, 0.3) is 0 Å². The predicted molar refractivity (Wildman–Crippen MR) is 148 cm³/mol. The number of nitrogens with zero attached hydrogens (tertiary/aromatic N) is 4. The molecule has 0 unspecified atom stereocenters. The van der Waals surface area contributed by atoms with Crippen LogP contribution in [0.1, 0.15) is 17.9 Å². The van der Waals surface area contributed by atoms with Crippen LogP contribution in [-0.2, 0) is 0 Å². The summed E-state index contributed by atoms with van der Waals surface area (Å²) in [4.78, 5) is 11.5. The maximum absolute atomic E-state index is 6.14. The highest BCUT2D eigenvalue weighted by atomic mass is 32.2. The first-order valence-corrected chi connectivity index (χ1v) is 12.9. The molecule has 6 heteroatoms. The van der Waals surface area contributed by atoms with Crippen molar-refractivity contribution in [2.75, 3.05) is 45.4 Å². The second kappa shape index (κ2) is 9.72. The number of hydrogen-bond donors (Lipinski definition) is 0. The number of para-hydroxylation sites is 1. The minimum atomic E-state index is 0.567. The Balaban J connectivity index is 1.45. The average Bonchev–Trinajstić information content (AvgIpc) is 3.26. The van der Waals surface area contributed by atoms with Crippen LogP contribution in [-0.4, -0.2) is 54.9 Å². The zero-order chi connectivity index (χ0) is 24.4. The third-order valence-corrected chi connectivity index (χ3v) is 7.24. The smallest absolute Gasteiger partial charge is 0.222 e. The Morgan fingerprint density at radius 3 is 2.57 bits per heavy atom. The van der Waals surface area contributed by atoms with Gasteiger partial charge < -0.3 is 13.8 Å². The predicted octanol–water partition coefficient (Wildman–Crippen LogP) is 6.55. The summed E-state index contributed by atoms with van der Waals surface area (Å²) >= 11 is 1.90. The molecular weight excluding hydrogens is 452 g/mol. The van der Waals surface area contributed by atoms with E-state index >= 15 is 0 Å². The summed E-state index contributed by atoms with van der Waals surface area (Å²) in [7, 11) is 8.87. The average molecular weight is 484 g/mol. The van der Waals surface area contributed by atoms with Crippen molar-refractivity contribution in [3.05, 3.63) is 89.4 Å². The topological polar surface area (TPSA) is 42.2 Å². The minimum Gasteiger partial charge on any atom is -0.435 e. The number of oxazole rings is 1. The lowest BCUT2D eigenvalue weighted by molar-refractivity contribution is -0.870. The van der Waals surface area contributed by atoms with E-state index in [2.05, 4.69) is 85.5 Å². The number of rotatable bonds is 7. The largest absolute Gasteiger partial charge is 0.435 e. The number of fused-ring (bicyclic) bond motifs is 2. The molecule has 5 nitrogen and oxygen atoms in total. The quantitative estimate of drug-likeness (QED) is 0.220. The Labute approximate surface area is 211 Å². The fourth-order valence-corrected chi connectivity index (χ4v) is 5.21. The van der Waals surface area contributed by atoms with E-state index < -0.39 is 0 Å². The van der Waals surface area contributed by atoms with E-state index in [0.29, 0.717) is 17.1 Å². The van der Waals surface area contributed by atoms with Crippen LogP contribution < -0.4 is 4.90 Å². The van der Waals surface area contributed by atoms with E-state index in [9.17, 15) is 0 Å². The molecule has 0 saturated carbocycles. The van der Waals surface area contributed by atoms with Crippen molar-refractivity contribution >= 4 is 40.3 Å². The molecule has 0 saturated heterocycles. The highest BCUT2D eigenvalue weighted by Gasteiger charge is 2.21. The van der Waals surface area contributed by atoms with Crippen LogP contribution in [0.2, 0.25) is 0 Å². The number of pyridine rings is 1. The molecule has 4 aromatic rings. The standard InChI is InChI=1S/C29H31N4OS/c1-32-25-14-9-8-13-24(25)22(19-28(32)35-16-10-15-33(2,3)4)18-27-31-29-26(34-27)17-23(20-30-29)21-11-6-5-7-12-21/h5-9,11-14,17-20H,10,15-16H2,1-4H3/q+1. The molecule has 178 valence electrons. The molecule has 1 aliphatic rings. The lowest BCUT2D eigenvalue weighted by Crippen LogP contribution is -2.35. The van der Waals surface area contributed by atoms with Gasteiger partial charge in [-0.3, -0.25) is 0 Å². The Hall–Kier alpha value is -3.35. The Bertz CT molecular complexity index is 1400. The molecular formula is C29H31N4OS+. The molecule has 35 heavy (non-hydrogen) atoms. The maximum Gasteiger partial charge on any atom is 0.222 e. The van der Waals surface area contributed by atoms with Gasteiger partial charge in [0, 0.05) is 48.3 Å². The summed E-state index contributed by atoms with van der Waals surface area (Å²) < 4.78 is 7.13. The van der Waals surface area contributed by atoms with Crippen LogP contribution in [0.4, 0.5) is 5.69 Å². The molecule has 2 aromatic heterocycles. The number of benzene rings is 2. The van der Waals surface area contributed by atoms with E-state index in [1.807, 2.05) is 48.3 Å². The maximum atomic E-state index is 6.14. The monoisotopic (exact) mass is 483 g/mol. The lowest BCUT2D eigenvalue weighted by atomic mass is 10.00. The van der Waals surface area contributed by atoms with Gasteiger partial charge in [0.2, 0.25) is 5.89 Å². The van der Waals surface area contributed by atoms with Gasteiger partial charge in [-0.2, -0.15) is 4.98 Å². The van der Waals surface area contributed by atoms with Gasteiger partial charge in [-0.1, -0.05) is 48.5 Å². The highest BCUT2D eigenvalue weighted by molar-refractivity contribution is 8.03. The zero-order valence-electron chi connectivity index (χ0n) is 20.7. The van der Waals surface area contributed by atoms with Crippen LogP contribution in [0.25, 0.3) is 34.0 Å². The number of anilines is 1. The van der Waals surface area contributed by atoms with Gasteiger partial charge in [-0.25, -0.2) is 4.98 Å². The van der Waals surface area contributed by atoms with E-state index in [1.165, 1.54) is 22.7 Å². The van der Waals surface area contributed by atoms with E-state index in [4.69, 9.17) is 4.42 Å². The Morgan fingerprint density at radius 1 is 1.00 bits per heavy atom. The fourth-order valence-electron chi connectivity index (χ4n) is 4.23. The SMILES string of the molecule is CN1C(SCCC[N+](C)(C)C)=CC(=Cc2nc3ncc(-c4ccccc4)cc3o2)c2ccccc21. The van der Waals surface area contributed by atoms with Crippen LogP contribution in [0.5, 0.6) is 0 Å². The van der Waals surface area contributed by atoms with Crippen LogP contribution in [0.3, 0.4) is 0 Å². The van der Waals surface area contributed by atoms with Gasteiger partial charge in [-0.15, -0.1) is 11.8 Å². The second-order valence-corrected chi connectivity index (χ2v) is 11.0.